The van der Waals surface area contributed by atoms with Crippen LogP contribution in [0.1, 0.15) is 18.4 Å². The number of hydrogen-bond donors (Lipinski definition) is 2. The van der Waals surface area contributed by atoms with Crippen molar-refractivity contribution in [2.75, 3.05) is 25.9 Å². The molecule has 1 unspecified atom stereocenters. The first-order valence-corrected chi connectivity index (χ1v) is 8.42. The van der Waals surface area contributed by atoms with E-state index >= 15 is 0 Å². The Kier molecular flexibility index (Phi) is 4.59. The Hall–Kier alpha value is -0.820. The molecule has 1 aromatic rings. The van der Waals surface area contributed by atoms with Gasteiger partial charge in [0.05, 0.1) is 4.90 Å². The van der Waals surface area contributed by atoms with Crippen molar-refractivity contribution < 1.29 is 8.42 Å². The van der Waals surface area contributed by atoms with Gasteiger partial charge in [0.1, 0.15) is 0 Å². The molecule has 20 heavy (non-hydrogen) atoms. The normalized spacial score (nSPS) is 21.1. The third-order valence-electron chi connectivity index (χ3n) is 3.60. The van der Waals surface area contributed by atoms with E-state index in [0.29, 0.717) is 22.8 Å². The number of sulfonamides is 1. The second kappa shape index (κ2) is 5.89. The number of nitrogens with zero attached hydrogens (tertiary/aromatic N) is 1. The number of nitrogens with two attached hydrogens (primary N) is 1. The lowest BCUT2D eigenvalue weighted by Gasteiger charge is -2.30. The van der Waals surface area contributed by atoms with Crippen molar-refractivity contribution in [1.29, 1.82) is 0 Å². The maximum absolute atomic E-state index is 12.5. The van der Waals surface area contributed by atoms with Crippen LogP contribution in [-0.2, 0) is 10.0 Å². The van der Waals surface area contributed by atoms with Crippen molar-refractivity contribution in [3.8, 4) is 0 Å². The van der Waals surface area contributed by atoms with Crippen LogP contribution in [0, 0.1) is 6.92 Å². The van der Waals surface area contributed by atoms with Crippen LogP contribution >= 0.6 is 11.6 Å². The van der Waals surface area contributed by atoms with Gasteiger partial charge in [-0.05, 0) is 51.1 Å². The summed E-state index contributed by atoms with van der Waals surface area (Å²) in [5.74, 6) is 0. The summed E-state index contributed by atoms with van der Waals surface area (Å²) < 4.78 is 27.7. The Labute approximate surface area is 125 Å². The van der Waals surface area contributed by atoms with E-state index in [1.807, 2.05) is 7.05 Å². The topological polar surface area (TPSA) is 75.4 Å². The van der Waals surface area contributed by atoms with Gasteiger partial charge < -0.3 is 10.6 Å². The van der Waals surface area contributed by atoms with Crippen LogP contribution in [0.3, 0.4) is 0 Å². The fourth-order valence-electron chi connectivity index (χ4n) is 2.50. The van der Waals surface area contributed by atoms with Gasteiger partial charge in [-0.3, -0.25) is 0 Å². The molecule has 0 aliphatic carbocycles. The largest absolute Gasteiger partial charge is 0.398 e. The molecule has 2 rings (SSSR count). The smallest absolute Gasteiger partial charge is 0.241 e. The predicted octanol–water partition coefficient (Wildman–Crippen LogP) is 1.60. The summed E-state index contributed by atoms with van der Waals surface area (Å²) in [6, 6.07) is 2.94. The number of piperidine rings is 1. The SMILES string of the molecule is Cc1c(N)cc(Cl)cc1S(=O)(=O)NC1CCCN(C)C1. The van der Waals surface area contributed by atoms with Crippen LogP contribution in [0.5, 0.6) is 0 Å². The second-order valence-electron chi connectivity index (χ2n) is 5.34. The van der Waals surface area contributed by atoms with E-state index < -0.39 is 10.0 Å². The van der Waals surface area contributed by atoms with E-state index in [9.17, 15) is 8.42 Å². The number of halogens is 1. The van der Waals surface area contributed by atoms with Crippen LogP contribution in [0.15, 0.2) is 17.0 Å². The Morgan fingerprint density at radius 1 is 1.45 bits per heavy atom. The fourth-order valence-corrected chi connectivity index (χ4v) is 4.35. The zero-order chi connectivity index (χ0) is 14.9. The van der Waals surface area contributed by atoms with Gasteiger partial charge in [0.25, 0.3) is 0 Å². The zero-order valence-electron chi connectivity index (χ0n) is 11.7. The van der Waals surface area contributed by atoms with Gasteiger partial charge in [-0.1, -0.05) is 11.6 Å². The van der Waals surface area contributed by atoms with Crippen LogP contribution in [0.25, 0.3) is 0 Å². The van der Waals surface area contributed by atoms with E-state index in [-0.39, 0.29) is 10.9 Å². The van der Waals surface area contributed by atoms with E-state index in [1.165, 1.54) is 6.07 Å². The minimum absolute atomic E-state index is 0.0710. The average Bonchev–Trinajstić information content (AvgIpc) is 2.33. The minimum Gasteiger partial charge on any atom is -0.398 e. The first-order valence-electron chi connectivity index (χ1n) is 6.56. The molecule has 1 aliphatic rings. The van der Waals surface area contributed by atoms with E-state index in [1.54, 1.807) is 13.0 Å². The Morgan fingerprint density at radius 2 is 2.15 bits per heavy atom. The van der Waals surface area contributed by atoms with E-state index in [2.05, 4.69) is 9.62 Å². The standard InChI is InChI=1S/C13H20ClN3O2S/c1-9-12(15)6-10(14)7-13(9)20(18,19)16-11-4-3-5-17(2)8-11/h6-7,11,16H,3-5,8,15H2,1-2H3. The lowest BCUT2D eigenvalue weighted by atomic mass is 10.1. The highest BCUT2D eigenvalue weighted by atomic mass is 35.5. The highest BCUT2D eigenvalue weighted by Crippen LogP contribution is 2.26. The number of hydrogen-bond acceptors (Lipinski definition) is 4. The van der Waals surface area contributed by atoms with Crippen molar-refractivity contribution in [2.24, 2.45) is 0 Å². The summed E-state index contributed by atoms with van der Waals surface area (Å²) >= 11 is 5.91. The quantitative estimate of drug-likeness (QED) is 0.830. The Balaban J connectivity index is 2.26. The summed E-state index contributed by atoms with van der Waals surface area (Å²) in [6.45, 7) is 3.41. The third kappa shape index (κ3) is 3.44. The summed E-state index contributed by atoms with van der Waals surface area (Å²) in [6.07, 6.45) is 1.83. The second-order valence-corrected chi connectivity index (χ2v) is 7.46. The highest BCUT2D eigenvalue weighted by molar-refractivity contribution is 7.89. The predicted molar refractivity (Wildman–Crippen MR) is 81.4 cm³/mol. The van der Waals surface area contributed by atoms with E-state index in [0.717, 1.165) is 19.4 Å². The molecule has 5 nitrogen and oxygen atoms in total. The number of nitrogens with one attached hydrogen (secondary N) is 1. The Bertz CT molecular complexity index is 604. The van der Waals surface area contributed by atoms with Gasteiger partial charge in [-0.25, -0.2) is 13.1 Å². The van der Waals surface area contributed by atoms with Crippen molar-refractivity contribution in [3.63, 3.8) is 0 Å². The average molecular weight is 318 g/mol. The van der Waals surface area contributed by atoms with Gasteiger partial charge in [0, 0.05) is 23.3 Å². The fraction of sp³-hybridized carbons (Fsp3) is 0.538. The van der Waals surface area contributed by atoms with Crippen molar-refractivity contribution in [2.45, 2.75) is 30.7 Å². The minimum atomic E-state index is -3.60. The van der Waals surface area contributed by atoms with Crippen LogP contribution in [0.2, 0.25) is 5.02 Å². The molecule has 1 aromatic carbocycles. The van der Waals surface area contributed by atoms with Gasteiger partial charge in [-0.15, -0.1) is 0 Å². The molecule has 7 heteroatoms. The van der Waals surface area contributed by atoms with E-state index in [4.69, 9.17) is 17.3 Å². The monoisotopic (exact) mass is 317 g/mol. The van der Waals surface area contributed by atoms with Crippen LogP contribution < -0.4 is 10.5 Å². The van der Waals surface area contributed by atoms with Crippen molar-refractivity contribution in [1.82, 2.24) is 9.62 Å². The molecular formula is C13H20ClN3O2S. The lowest BCUT2D eigenvalue weighted by Crippen LogP contribution is -2.46. The van der Waals surface area contributed by atoms with Crippen molar-refractivity contribution in [3.05, 3.63) is 22.7 Å². The van der Waals surface area contributed by atoms with Crippen LogP contribution in [-0.4, -0.2) is 39.5 Å². The first-order chi connectivity index (χ1) is 9.29. The number of nitrogen functional groups attached to an aromatic ring is 1. The molecule has 1 saturated heterocycles. The maximum atomic E-state index is 12.5. The summed E-state index contributed by atoms with van der Waals surface area (Å²) in [5.41, 5.74) is 6.71. The molecule has 0 bridgehead atoms. The van der Waals surface area contributed by atoms with Gasteiger partial charge in [0.15, 0.2) is 0 Å². The molecule has 0 amide bonds. The van der Waals surface area contributed by atoms with Gasteiger partial charge in [-0.2, -0.15) is 0 Å². The molecular weight excluding hydrogens is 298 g/mol. The molecule has 1 heterocycles. The zero-order valence-corrected chi connectivity index (χ0v) is 13.3. The van der Waals surface area contributed by atoms with Gasteiger partial charge >= 0.3 is 0 Å². The highest BCUT2D eigenvalue weighted by Gasteiger charge is 2.25. The molecule has 1 fully saturated rings. The first kappa shape index (κ1) is 15.6. The number of rotatable bonds is 3. The number of benzene rings is 1. The number of likely N-dealkylation sites (tertiary alicyclic amines) is 1. The summed E-state index contributed by atoms with van der Waals surface area (Å²) in [7, 11) is -1.61. The molecule has 1 atom stereocenters. The molecule has 0 spiro atoms. The molecule has 112 valence electrons. The molecule has 1 aliphatic heterocycles. The number of anilines is 1. The lowest BCUT2D eigenvalue weighted by molar-refractivity contribution is 0.242. The summed E-state index contributed by atoms with van der Waals surface area (Å²) in [5, 5.41) is 0.328. The third-order valence-corrected chi connectivity index (χ3v) is 5.47. The molecule has 0 radical (unpaired) electrons. The maximum Gasteiger partial charge on any atom is 0.241 e. The Morgan fingerprint density at radius 3 is 2.80 bits per heavy atom. The van der Waals surface area contributed by atoms with Crippen molar-refractivity contribution >= 4 is 27.3 Å². The summed E-state index contributed by atoms with van der Waals surface area (Å²) in [4.78, 5) is 2.28. The molecule has 0 saturated carbocycles. The molecule has 0 aromatic heterocycles. The van der Waals surface area contributed by atoms with Crippen LogP contribution in [0.4, 0.5) is 5.69 Å². The van der Waals surface area contributed by atoms with Gasteiger partial charge in [0.2, 0.25) is 10.0 Å². The molecule has 3 N–H and O–H groups in total. The number of likely N-dealkylation sites (N-methyl/N-ethyl adjacent to an activating group) is 1.